The lowest BCUT2D eigenvalue weighted by molar-refractivity contribution is -0.137. The smallest absolute Gasteiger partial charge is 0.321 e. The monoisotopic (exact) mass is 363 g/mol. The first-order valence-electron chi connectivity index (χ1n) is 9.04. The first-order chi connectivity index (χ1) is 12.4. The first-order valence-corrected chi connectivity index (χ1v) is 9.04. The van der Waals surface area contributed by atoms with Crippen LogP contribution < -0.4 is 10.6 Å². The predicted octanol–water partition coefficient (Wildman–Crippen LogP) is 3.38. The summed E-state index contributed by atoms with van der Waals surface area (Å²) in [5.41, 5.74) is 1.64. The fourth-order valence-electron chi connectivity index (χ4n) is 2.53. The number of urea groups is 1. The second-order valence-corrected chi connectivity index (χ2v) is 6.11. The fraction of sp³-hybridized carbons (Fsp3) is 0.526. The Morgan fingerprint density at radius 2 is 1.62 bits per heavy atom. The molecule has 0 spiro atoms. The van der Waals surface area contributed by atoms with Gasteiger partial charge in [0.05, 0.1) is 6.04 Å². The van der Waals surface area contributed by atoms with Gasteiger partial charge in [0, 0.05) is 31.6 Å². The van der Waals surface area contributed by atoms with Crippen LogP contribution in [0.15, 0.2) is 24.3 Å². The Morgan fingerprint density at radius 3 is 2.15 bits per heavy atom. The lowest BCUT2D eigenvalue weighted by atomic mass is 10.1. The minimum absolute atomic E-state index is 0.0868. The van der Waals surface area contributed by atoms with Crippen LogP contribution in [0.1, 0.15) is 58.1 Å². The second-order valence-electron chi connectivity index (χ2n) is 6.11. The number of carbonyl (C=O) groups excluding carboxylic acids is 2. The SMILES string of the molecule is CCN(CC)C(=O)Nc1ccc(C(C)NC(=O)CCCCC(=O)O)cc1. The zero-order chi connectivity index (χ0) is 19.5. The molecule has 7 nitrogen and oxygen atoms in total. The summed E-state index contributed by atoms with van der Waals surface area (Å²) in [4.78, 5) is 36.1. The number of rotatable bonds is 10. The first kappa shape index (κ1) is 21.5. The van der Waals surface area contributed by atoms with Crippen LogP contribution in [0.2, 0.25) is 0 Å². The molecule has 3 amide bonds. The van der Waals surface area contributed by atoms with Crippen molar-refractivity contribution in [2.45, 2.75) is 52.5 Å². The van der Waals surface area contributed by atoms with E-state index in [4.69, 9.17) is 5.11 Å². The van der Waals surface area contributed by atoms with Crippen molar-refractivity contribution >= 4 is 23.6 Å². The van der Waals surface area contributed by atoms with E-state index in [2.05, 4.69) is 10.6 Å². The van der Waals surface area contributed by atoms with E-state index in [1.54, 1.807) is 4.90 Å². The van der Waals surface area contributed by atoms with Crippen LogP contribution in [0.4, 0.5) is 10.5 Å². The summed E-state index contributed by atoms with van der Waals surface area (Å²) in [6.45, 7) is 7.04. The molecule has 0 saturated carbocycles. The third-order valence-electron chi connectivity index (χ3n) is 4.13. The van der Waals surface area contributed by atoms with Crippen LogP contribution in [0, 0.1) is 0 Å². The number of hydrogen-bond acceptors (Lipinski definition) is 3. The predicted molar refractivity (Wildman–Crippen MR) is 101 cm³/mol. The normalized spacial score (nSPS) is 11.5. The van der Waals surface area contributed by atoms with Crippen molar-refractivity contribution in [3.63, 3.8) is 0 Å². The van der Waals surface area contributed by atoms with Gasteiger partial charge in [0.15, 0.2) is 0 Å². The molecule has 0 heterocycles. The number of carbonyl (C=O) groups is 3. The van der Waals surface area contributed by atoms with E-state index >= 15 is 0 Å². The molecule has 0 aliphatic heterocycles. The van der Waals surface area contributed by atoms with Gasteiger partial charge in [-0.05, 0) is 51.3 Å². The highest BCUT2D eigenvalue weighted by molar-refractivity contribution is 5.89. The summed E-state index contributed by atoms with van der Waals surface area (Å²) < 4.78 is 0. The van der Waals surface area contributed by atoms with E-state index in [0.717, 1.165) is 5.56 Å². The molecule has 0 radical (unpaired) electrons. The van der Waals surface area contributed by atoms with Crippen LogP contribution in [0.3, 0.4) is 0 Å². The third kappa shape index (κ3) is 7.55. The molecule has 1 aromatic carbocycles. The molecular weight excluding hydrogens is 334 g/mol. The van der Waals surface area contributed by atoms with E-state index in [0.29, 0.717) is 38.0 Å². The molecule has 1 rings (SSSR count). The van der Waals surface area contributed by atoms with Crippen molar-refractivity contribution < 1.29 is 19.5 Å². The number of anilines is 1. The maximum atomic E-state index is 12.0. The number of nitrogens with one attached hydrogen (secondary N) is 2. The van der Waals surface area contributed by atoms with Gasteiger partial charge in [-0.25, -0.2) is 4.79 Å². The minimum Gasteiger partial charge on any atom is -0.481 e. The van der Waals surface area contributed by atoms with Crippen LogP contribution in [0.5, 0.6) is 0 Å². The van der Waals surface area contributed by atoms with Crippen molar-refractivity contribution in [3.05, 3.63) is 29.8 Å². The zero-order valence-electron chi connectivity index (χ0n) is 15.7. The Labute approximate surface area is 154 Å². The van der Waals surface area contributed by atoms with Crippen LogP contribution in [-0.2, 0) is 9.59 Å². The Balaban J connectivity index is 2.48. The highest BCUT2D eigenvalue weighted by Gasteiger charge is 2.12. The minimum atomic E-state index is -0.841. The van der Waals surface area contributed by atoms with Crippen molar-refractivity contribution in [2.24, 2.45) is 0 Å². The molecule has 3 N–H and O–H groups in total. The molecular formula is C19H29N3O4. The van der Waals surface area contributed by atoms with Crippen LogP contribution in [0.25, 0.3) is 0 Å². The molecule has 0 saturated heterocycles. The van der Waals surface area contributed by atoms with Crippen molar-refractivity contribution in [1.29, 1.82) is 0 Å². The van der Waals surface area contributed by atoms with Crippen molar-refractivity contribution in [2.75, 3.05) is 18.4 Å². The number of amides is 3. The van der Waals surface area contributed by atoms with Crippen LogP contribution >= 0.6 is 0 Å². The van der Waals surface area contributed by atoms with Gasteiger partial charge in [-0.2, -0.15) is 0 Å². The van der Waals surface area contributed by atoms with E-state index < -0.39 is 5.97 Å². The molecule has 1 unspecified atom stereocenters. The van der Waals surface area contributed by atoms with Crippen LogP contribution in [-0.4, -0.2) is 41.0 Å². The van der Waals surface area contributed by atoms with E-state index in [9.17, 15) is 14.4 Å². The van der Waals surface area contributed by atoms with E-state index in [1.165, 1.54) is 0 Å². The molecule has 0 aromatic heterocycles. The van der Waals surface area contributed by atoms with E-state index in [1.807, 2.05) is 45.0 Å². The Hall–Kier alpha value is -2.57. The Morgan fingerprint density at radius 1 is 1.04 bits per heavy atom. The number of hydrogen-bond donors (Lipinski definition) is 3. The number of nitrogens with zero attached hydrogens (tertiary/aromatic N) is 1. The topological polar surface area (TPSA) is 98.7 Å². The highest BCUT2D eigenvalue weighted by Crippen LogP contribution is 2.17. The van der Waals surface area contributed by atoms with Crippen molar-refractivity contribution in [3.8, 4) is 0 Å². The lowest BCUT2D eigenvalue weighted by Crippen LogP contribution is -2.34. The quantitative estimate of drug-likeness (QED) is 0.555. The zero-order valence-corrected chi connectivity index (χ0v) is 15.7. The Bertz CT molecular complexity index is 597. The summed E-state index contributed by atoms with van der Waals surface area (Å²) in [5, 5.41) is 14.3. The molecule has 7 heteroatoms. The molecule has 1 aromatic rings. The van der Waals surface area contributed by atoms with Gasteiger partial charge in [-0.1, -0.05) is 12.1 Å². The fourth-order valence-corrected chi connectivity index (χ4v) is 2.53. The number of carboxylic acid groups (broad SMARTS) is 1. The molecule has 1 atom stereocenters. The van der Waals surface area contributed by atoms with Gasteiger partial charge in [-0.3, -0.25) is 9.59 Å². The molecule has 26 heavy (non-hydrogen) atoms. The molecule has 0 aliphatic rings. The van der Waals surface area contributed by atoms with Gasteiger partial charge >= 0.3 is 12.0 Å². The summed E-state index contributed by atoms with van der Waals surface area (Å²) in [6, 6.07) is 7.07. The standard InChI is InChI=1S/C19H29N3O4/c1-4-22(5-2)19(26)21-16-12-10-15(11-13-16)14(3)20-17(23)8-6-7-9-18(24)25/h10-14H,4-9H2,1-3H3,(H,20,23)(H,21,26)(H,24,25). The van der Waals surface area contributed by atoms with Gasteiger partial charge < -0.3 is 20.6 Å². The largest absolute Gasteiger partial charge is 0.481 e. The van der Waals surface area contributed by atoms with Crippen molar-refractivity contribution in [1.82, 2.24) is 10.2 Å². The molecule has 0 bridgehead atoms. The second kappa shape index (κ2) is 11.1. The number of aliphatic carboxylic acids is 1. The summed E-state index contributed by atoms with van der Waals surface area (Å²) >= 11 is 0. The molecule has 0 fully saturated rings. The third-order valence-corrected chi connectivity index (χ3v) is 4.13. The maximum Gasteiger partial charge on any atom is 0.321 e. The van der Waals surface area contributed by atoms with Gasteiger partial charge in [0.2, 0.25) is 5.91 Å². The molecule has 0 aliphatic carbocycles. The summed E-state index contributed by atoms with van der Waals surface area (Å²) in [5.74, 6) is -0.936. The summed E-state index contributed by atoms with van der Waals surface area (Å²) in [7, 11) is 0. The highest BCUT2D eigenvalue weighted by atomic mass is 16.4. The van der Waals surface area contributed by atoms with Gasteiger partial charge in [0.1, 0.15) is 0 Å². The maximum absolute atomic E-state index is 12.0. The van der Waals surface area contributed by atoms with Gasteiger partial charge in [-0.15, -0.1) is 0 Å². The average molecular weight is 363 g/mol. The number of unbranched alkanes of at least 4 members (excludes halogenated alkanes) is 1. The lowest BCUT2D eigenvalue weighted by Gasteiger charge is -2.19. The summed E-state index contributed by atoms with van der Waals surface area (Å²) in [6.07, 6.45) is 1.46. The van der Waals surface area contributed by atoms with Gasteiger partial charge in [0.25, 0.3) is 0 Å². The Kier molecular flexibility index (Phi) is 9.19. The number of carboxylic acids is 1. The molecule has 144 valence electrons. The number of benzene rings is 1. The average Bonchev–Trinajstić information content (AvgIpc) is 2.60. The van der Waals surface area contributed by atoms with E-state index in [-0.39, 0.29) is 24.4 Å².